The molecule has 1 atom stereocenters. The number of benzene rings is 2. The smallest absolute Gasteiger partial charge is 0.254 e. The Balaban J connectivity index is 1.36. The van der Waals surface area contributed by atoms with Gasteiger partial charge in [-0.2, -0.15) is 0 Å². The van der Waals surface area contributed by atoms with Gasteiger partial charge in [-0.05, 0) is 36.6 Å². The summed E-state index contributed by atoms with van der Waals surface area (Å²) in [6.07, 6.45) is 0.844. The lowest BCUT2D eigenvalue weighted by molar-refractivity contribution is -0.123. The molecular weight excluding hydrogens is 419 g/mol. The Kier molecular flexibility index (Phi) is 9.39. The molecule has 2 aromatic rings. The minimum Gasteiger partial charge on any atom is -0.354 e. The Morgan fingerprint density at radius 3 is 2.24 bits per heavy atom. The molecule has 2 aromatic carbocycles. The molecule has 1 heterocycles. The van der Waals surface area contributed by atoms with Gasteiger partial charge in [0.2, 0.25) is 5.91 Å². The Bertz CT molecular complexity index is 898. The highest BCUT2D eigenvalue weighted by atomic mass is 19.1. The third-order valence-electron chi connectivity index (χ3n) is 6.02. The highest BCUT2D eigenvalue weighted by molar-refractivity contribution is 5.97. The minimum atomic E-state index is -0.710. The van der Waals surface area contributed by atoms with Crippen LogP contribution in [0.5, 0.6) is 0 Å². The fourth-order valence-corrected chi connectivity index (χ4v) is 4.04. The molecule has 33 heavy (non-hydrogen) atoms. The van der Waals surface area contributed by atoms with Gasteiger partial charge in [0, 0.05) is 39.3 Å². The van der Waals surface area contributed by atoms with Crippen molar-refractivity contribution >= 4 is 11.8 Å². The number of rotatable bonds is 10. The Morgan fingerprint density at radius 2 is 1.58 bits per heavy atom. The van der Waals surface area contributed by atoms with Crippen LogP contribution >= 0.6 is 0 Å². The zero-order valence-corrected chi connectivity index (χ0v) is 19.6. The maximum atomic E-state index is 13.9. The Morgan fingerprint density at radius 1 is 0.939 bits per heavy atom. The largest absolute Gasteiger partial charge is 0.354 e. The maximum Gasteiger partial charge on any atom is 0.254 e. The van der Waals surface area contributed by atoms with Crippen LogP contribution in [-0.4, -0.2) is 66.9 Å². The van der Waals surface area contributed by atoms with E-state index < -0.39 is 17.8 Å². The van der Waals surface area contributed by atoms with Gasteiger partial charge >= 0.3 is 0 Å². The van der Waals surface area contributed by atoms with Gasteiger partial charge in [-0.3, -0.25) is 14.5 Å². The molecule has 3 rings (SSSR count). The summed E-state index contributed by atoms with van der Waals surface area (Å²) in [5, 5.41) is 5.61. The van der Waals surface area contributed by atoms with E-state index in [1.807, 2.05) is 19.9 Å². The number of nitrogens with one attached hydrogen (secondary N) is 2. The molecule has 0 aliphatic carbocycles. The summed E-state index contributed by atoms with van der Waals surface area (Å²) in [5.74, 6) is -1.52. The summed E-state index contributed by atoms with van der Waals surface area (Å²) >= 11 is 0. The molecular formula is C26H35FN4O2. The van der Waals surface area contributed by atoms with Gasteiger partial charge in [-0.15, -0.1) is 0 Å². The first-order valence-electron chi connectivity index (χ1n) is 11.8. The number of amides is 2. The van der Waals surface area contributed by atoms with Crippen molar-refractivity contribution < 1.29 is 14.0 Å². The van der Waals surface area contributed by atoms with E-state index in [9.17, 15) is 14.0 Å². The molecule has 0 bridgehead atoms. The summed E-state index contributed by atoms with van der Waals surface area (Å²) in [6, 6.07) is 15.6. The molecule has 178 valence electrons. The molecule has 2 N–H and O–H groups in total. The number of nitrogens with zero attached hydrogens (tertiary/aromatic N) is 2. The molecule has 0 aromatic heterocycles. The lowest BCUT2D eigenvalue weighted by Crippen LogP contribution is -2.50. The second-order valence-corrected chi connectivity index (χ2v) is 8.92. The number of piperazine rings is 1. The van der Waals surface area contributed by atoms with Gasteiger partial charge in [-0.1, -0.05) is 56.3 Å². The van der Waals surface area contributed by atoms with Crippen LogP contribution < -0.4 is 10.6 Å². The van der Waals surface area contributed by atoms with Gasteiger partial charge in [0.1, 0.15) is 11.9 Å². The number of hydrogen-bond donors (Lipinski definition) is 2. The van der Waals surface area contributed by atoms with Crippen molar-refractivity contribution in [1.29, 1.82) is 0 Å². The summed E-state index contributed by atoms with van der Waals surface area (Å²) in [5.41, 5.74) is 1.29. The van der Waals surface area contributed by atoms with E-state index in [1.54, 1.807) is 6.07 Å². The number of carbonyl (C=O) groups is 2. The van der Waals surface area contributed by atoms with Crippen LogP contribution in [0.25, 0.3) is 0 Å². The van der Waals surface area contributed by atoms with Crippen LogP contribution in [-0.2, 0) is 11.3 Å². The van der Waals surface area contributed by atoms with Gasteiger partial charge < -0.3 is 15.5 Å². The van der Waals surface area contributed by atoms with E-state index in [2.05, 4.69) is 44.7 Å². The first kappa shape index (κ1) is 24.9. The average Bonchev–Trinajstić information content (AvgIpc) is 2.82. The van der Waals surface area contributed by atoms with E-state index in [0.29, 0.717) is 6.54 Å². The monoisotopic (exact) mass is 454 g/mol. The van der Waals surface area contributed by atoms with Crippen molar-refractivity contribution in [3.05, 3.63) is 71.5 Å². The fraction of sp³-hybridized carbons (Fsp3) is 0.462. The van der Waals surface area contributed by atoms with E-state index in [1.165, 1.54) is 23.8 Å². The molecule has 1 unspecified atom stereocenters. The number of halogens is 1. The lowest BCUT2D eigenvalue weighted by atomic mass is 10.0. The van der Waals surface area contributed by atoms with Crippen LogP contribution in [0.15, 0.2) is 54.6 Å². The molecule has 6 nitrogen and oxygen atoms in total. The number of hydrogen-bond acceptors (Lipinski definition) is 4. The predicted octanol–water partition coefficient (Wildman–Crippen LogP) is 2.90. The van der Waals surface area contributed by atoms with Gasteiger partial charge in [0.25, 0.3) is 5.91 Å². The second kappa shape index (κ2) is 12.5. The van der Waals surface area contributed by atoms with Gasteiger partial charge in [-0.25, -0.2) is 4.39 Å². The van der Waals surface area contributed by atoms with Crippen LogP contribution in [0.1, 0.15) is 36.2 Å². The predicted molar refractivity (Wildman–Crippen MR) is 128 cm³/mol. The summed E-state index contributed by atoms with van der Waals surface area (Å²) in [7, 11) is 0. The van der Waals surface area contributed by atoms with Crippen molar-refractivity contribution in [3.8, 4) is 0 Å². The maximum absolute atomic E-state index is 13.9. The fourth-order valence-electron chi connectivity index (χ4n) is 4.04. The van der Waals surface area contributed by atoms with Crippen LogP contribution in [0.2, 0.25) is 0 Å². The average molecular weight is 455 g/mol. The third-order valence-corrected chi connectivity index (χ3v) is 6.02. The standard InChI is InChI=1S/C26H35FN4O2/c1-20(2)24(29-25(32)22-11-6-7-12-23(22)27)26(33)28-13-8-14-30-15-17-31(18-16-30)19-21-9-4-3-5-10-21/h3-7,9-12,20,24H,8,13-19H2,1-2H3,(H,28,33)(H,29,32). The van der Waals surface area contributed by atoms with Crippen molar-refractivity contribution in [2.24, 2.45) is 5.92 Å². The minimum absolute atomic E-state index is 0.0534. The Hall–Kier alpha value is -2.77. The molecule has 2 amide bonds. The topological polar surface area (TPSA) is 64.7 Å². The SMILES string of the molecule is CC(C)C(NC(=O)c1ccccc1F)C(=O)NCCCN1CCN(Cc2ccccc2)CC1. The Labute approximate surface area is 196 Å². The molecule has 1 saturated heterocycles. The third kappa shape index (κ3) is 7.65. The van der Waals surface area contributed by atoms with Crippen molar-refractivity contribution in [2.45, 2.75) is 32.9 Å². The quantitative estimate of drug-likeness (QED) is 0.542. The highest BCUT2D eigenvalue weighted by Gasteiger charge is 2.25. The van der Waals surface area contributed by atoms with E-state index in [4.69, 9.17) is 0 Å². The van der Waals surface area contributed by atoms with Crippen LogP contribution in [0.4, 0.5) is 4.39 Å². The molecule has 0 radical (unpaired) electrons. The van der Waals surface area contributed by atoms with Crippen LogP contribution in [0, 0.1) is 11.7 Å². The second-order valence-electron chi connectivity index (χ2n) is 8.92. The molecule has 1 fully saturated rings. The van der Waals surface area contributed by atoms with Crippen molar-refractivity contribution in [3.63, 3.8) is 0 Å². The normalized spacial score (nSPS) is 15.9. The lowest BCUT2D eigenvalue weighted by Gasteiger charge is -2.34. The van der Waals surface area contributed by atoms with Gasteiger partial charge in [0.05, 0.1) is 5.56 Å². The highest BCUT2D eigenvalue weighted by Crippen LogP contribution is 2.10. The first-order chi connectivity index (χ1) is 15.9. The summed E-state index contributed by atoms with van der Waals surface area (Å²) in [6.45, 7) is 10.3. The van der Waals surface area contributed by atoms with E-state index in [0.717, 1.165) is 45.7 Å². The van der Waals surface area contributed by atoms with Gasteiger partial charge in [0.15, 0.2) is 0 Å². The summed E-state index contributed by atoms with van der Waals surface area (Å²) in [4.78, 5) is 30.0. The van der Waals surface area contributed by atoms with E-state index >= 15 is 0 Å². The van der Waals surface area contributed by atoms with Crippen molar-refractivity contribution in [1.82, 2.24) is 20.4 Å². The summed E-state index contributed by atoms with van der Waals surface area (Å²) < 4.78 is 13.9. The van der Waals surface area contributed by atoms with Crippen LogP contribution in [0.3, 0.4) is 0 Å². The number of carbonyl (C=O) groups excluding carboxylic acids is 2. The molecule has 1 aliphatic heterocycles. The molecule has 0 spiro atoms. The molecule has 0 saturated carbocycles. The first-order valence-corrected chi connectivity index (χ1v) is 11.8. The zero-order chi connectivity index (χ0) is 23.6. The van der Waals surface area contributed by atoms with Crippen molar-refractivity contribution in [2.75, 3.05) is 39.3 Å². The van der Waals surface area contributed by atoms with E-state index in [-0.39, 0.29) is 17.4 Å². The molecule has 1 aliphatic rings. The zero-order valence-electron chi connectivity index (χ0n) is 19.6. The molecule has 7 heteroatoms.